The molecule has 2 aliphatic heterocycles. The number of ether oxygens (including phenoxy) is 1. The van der Waals surface area contributed by atoms with Crippen LogP contribution in [0.15, 0.2) is 0 Å². The average Bonchev–Trinajstić information content (AvgIpc) is 2.40. The van der Waals surface area contributed by atoms with Gasteiger partial charge < -0.3 is 10.1 Å². The van der Waals surface area contributed by atoms with E-state index in [4.69, 9.17) is 4.74 Å². The Morgan fingerprint density at radius 2 is 2.12 bits per heavy atom. The minimum absolute atomic E-state index is 0.395. The zero-order valence-electron chi connectivity index (χ0n) is 11.5. The number of piperidine rings is 1. The minimum atomic E-state index is 0.395. The fourth-order valence-corrected chi connectivity index (χ4v) is 3.19. The number of hydrogen-bond acceptors (Lipinski definition) is 3. The van der Waals surface area contributed by atoms with Gasteiger partial charge in [-0.15, -0.1) is 0 Å². The topological polar surface area (TPSA) is 24.5 Å². The summed E-state index contributed by atoms with van der Waals surface area (Å²) in [6.07, 6.45) is 5.93. The van der Waals surface area contributed by atoms with Gasteiger partial charge in [0.05, 0.1) is 12.7 Å². The standard InChI is InChI=1S/C14H28N2O/c1-3-4-13-5-8-16(9-6-13)12(2)14-11-15-7-10-17-14/h12-15H,3-11H2,1-2H3. The van der Waals surface area contributed by atoms with E-state index in [0.717, 1.165) is 25.6 Å². The molecule has 0 aromatic rings. The molecule has 2 rings (SSSR count). The lowest BCUT2D eigenvalue weighted by Crippen LogP contribution is -2.52. The van der Waals surface area contributed by atoms with Gasteiger partial charge in [0.1, 0.15) is 0 Å². The van der Waals surface area contributed by atoms with E-state index in [1.54, 1.807) is 0 Å². The van der Waals surface area contributed by atoms with E-state index in [0.29, 0.717) is 12.1 Å². The molecule has 2 atom stereocenters. The Labute approximate surface area is 106 Å². The Kier molecular flexibility index (Phi) is 5.26. The van der Waals surface area contributed by atoms with Gasteiger partial charge in [-0.25, -0.2) is 0 Å². The summed E-state index contributed by atoms with van der Waals surface area (Å²) < 4.78 is 5.86. The molecule has 2 aliphatic rings. The number of morpholine rings is 1. The molecular formula is C14H28N2O. The molecule has 0 bridgehead atoms. The maximum Gasteiger partial charge on any atom is 0.0852 e. The highest BCUT2D eigenvalue weighted by Gasteiger charge is 2.28. The summed E-state index contributed by atoms with van der Waals surface area (Å²) in [4.78, 5) is 2.63. The van der Waals surface area contributed by atoms with Gasteiger partial charge in [0.25, 0.3) is 0 Å². The first-order valence-corrected chi connectivity index (χ1v) is 7.37. The van der Waals surface area contributed by atoms with Crippen molar-refractivity contribution in [2.75, 3.05) is 32.8 Å². The summed E-state index contributed by atoms with van der Waals surface area (Å²) in [7, 11) is 0. The fraction of sp³-hybridized carbons (Fsp3) is 1.00. The Morgan fingerprint density at radius 3 is 2.71 bits per heavy atom. The lowest BCUT2D eigenvalue weighted by Gasteiger charge is -2.40. The Hall–Kier alpha value is -0.120. The van der Waals surface area contributed by atoms with Gasteiger partial charge in [-0.1, -0.05) is 19.8 Å². The van der Waals surface area contributed by atoms with Crippen molar-refractivity contribution in [3.05, 3.63) is 0 Å². The largest absolute Gasteiger partial charge is 0.374 e. The van der Waals surface area contributed by atoms with Crippen molar-refractivity contribution in [1.29, 1.82) is 0 Å². The highest BCUT2D eigenvalue weighted by molar-refractivity contribution is 4.83. The zero-order chi connectivity index (χ0) is 12.1. The molecule has 2 heterocycles. The summed E-state index contributed by atoms with van der Waals surface area (Å²) >= 11 is 0. The molecular weight excluding hydrogens is 212 g/mol. The van der Waals surface area contributed by atoms with Crippen molar-refractivity contribution in [2.24, 2.45) is 5.92 Å². The van der Waals surface area contributed by atoms with Crippen molar-refractivity contribution in [3.8, 4) is 0 Å². The van der Waals surface area contributed by atoms with Gasteiger partial charge in [-0.2, -0.15) is 0 Å². The van der Waals surface area contributed by atoms with Crippen molar-refractivity contribution in [3.63, 3.8) is 0 Å². The van der Waals surface area contributed by atoms with Crippen LogP contribution in [0.3, 0.4) is 0 Å². The van der Waals surface area contributed by atoms with Gasteiger partial charge in [-0.05, 0) is 38.8 Å². The van der Waals surface area contributed by atoms with Crippen LogP contribution in [-0.4, -0.2) is 49.8 Å². The van der Waals surface area contributed by atoms with Crippen LogP contribution < -0.4 is 5.32 Å². The van der Waals surface area contributed by atoms with E-state index in [1.807, 2.05) is 0 Å². The maximum absolute atomic E-state index is 5.86. The van der Waals surface area contributed by atoms with Gasteiger partial charge in [0, 0.05) is 19.1 Å². The Bertz CT molecular complexity index is 208. The zero-order valence-corrected chi connectivity index (χ0v) is 11.5. The molecule has 0 aliphatic carbocycles. The molecule has 3 nitrogen and oxygen atoms in total. The number of nitrogens with one attached hydrogen (secondary N) is 1. The molecule has 100 valence electrons. The summed E-state index contributed by atoms with van der Waals surface area (Å²) in [5.74, 6) is 0.980. The Balaban J connectivity index is 1.75. The fourth-order valence-electron chi connectivity index (χ4n) is 3.19. The van der Waals surface area contributed by atoms with Gasteiger partial charge in [-0.3, -0.25) is 4.90 Å². The van der Waals surface area contributed by atoms with E-state index >= 15 is 0 Å². The van der Waals surface area contributed by atoms with Gasteiger partial charge >= 0.3 is 0 Å². The minimum Gasteiger partial charge on any atom is -0.374 e. The molecule has 2 fully saturated rings. The van der Waals surface area contributed by atoms with Crippen molar-refractivity contribution >= 4 is 0 Å². The first-order valence-electron chi connectivity index (χ1n) is 7.37. The van der Waals surface area contributed by atoms with Gasteiger partial charge in [0.15, 0.2) is 0 Å². The summed E-state index contributed by atoms with van der Waals surface area (Å²) in [6, 6.07) is 0.574. The molecule has 17 heavy (non-hydrogen) atoms. The lowest BCUT2D eigenvalue weighted by atomic mass is 9.91. The summed E-state index contributed by atoms with van der Waals surface area (Å²) in [5.41, 5.74) is 0. The smallest absolute Gasteiger partial charge is 0.0852 e. The quantitative estimate of drug-likeness (QED) is 0.812. The van der Waals surface area contributed by atoms with Crippen LogP contribution in [0.2, 0.25) is 0 Å². The molecule has 2 unspecified atom stereocenters. The van der Waals surface area contributed by atoms with Gasteiger partial charge in [0.2, 0.25) is 0 Å². The monoisotopic (exact) mass is 240 g/mol. The summed E-state index contributed by atoms with van der Waals surface area (Å²) in [6.45, 7) is 10.1. The molecule has 1 N–H and O–H groups in total. The first kappa shape index (κ1) is 13.3. The SMILES string of the molecule is CCCC1CCN(C(C)C2CNCCO2)CC1. The third kappa shape index (κ3) is 3.67. The second kappa shape index (κ2) is 6.72. The normalized spacial score (nSPS) is 30.4. The predicted octanol–water partition coefficient (Wildman–Crippen LogP) is 1.88. The van der Waals surface area contributed by atoms with Crippen LogP contribution in [0.25, 0.3) is 0 Å². The molecule has 0 spiro atoms. The third-order valence-electron chi connectivity index (χ3n) is 4.42. The van der Waals surface area contributed by atoms with Crippen molar-refractivity contribution < 1.29 is 4.74 Å². The van der Waals surface area contributed by atoms with Crippen molar-refractivity contribution in [2.45, 2.75) is 51.7 Å². The third-order valence-corrected chi connectivity index (χ3v) is 4.42. The molecule has 0 radical (unpaired) electrons. The Morgan fingerprint density at radius 1 is 1.35 bits per heavy atom. The second-order valence-electron chi connectivity index (χ2n) is 5.62. The molecule has 3 heteroatoms. The van der Waals surface area contributed by atoms with E-state index in [-0.39, 0.29) is 0 Å². The molecule has 0 amide bonds. The number of rotatable bonds is 4. The average molecular weight is 240 g/mol. The number of nitrogens with zero attached hydrogens (tertiary/aromatic N) is 1. The van der Waals surface area contributed by atoms with E-state index in [9.17, 15) is 0 Å². The highest BCUT2D eigenvalue weighted by Crippen LogP contribution is 2.24. The van der Waals surface area contributed by atoms with Crippen LogP contribution in [0.4, 0.5) is 0 Å². The predicted molar refractivity (Wildman–Crippen MR) is 71.3 cm³/mol. The highest BCUT2D eigenvalue weighted by atomic mass is 16.5. The lowest BCUT2D eigenvalue weighted by molar-refractivity contribution is -0.0338. The van der Waals surface area contributed by atoms with E-state index < -0.39 is 0 Å². The van der Waals surface area contributed by atoms with Crippen LogP contribution in [0, 0.1) is 5.92 Å². The van der Waals surface area contributed by atoms with E-state index in [1.165, 1.54) is 38.8 Å². The molecule has 0 aromatic carbocycles. The second-order valence-corrected chi connectivity index (χ2v) is 5.62. The van der Waals surface area contributed by atoms with Crippen LogP contribution in [0.5, 0.6) is 0 Å². The van der Waals surface area contributed by atoms with E-state index in [2.05, 4.69) is 24.1 Å². The maximum atomic E-state index is 5.86. The van der Waals surface area contributed by atoms with Crippen LogP contribution in [0.1, 0.15) is 39.5 Å². The number of likely N-dealkylation sites (tertiary alicyclic amines) is 1. The first-order chi connectivity index (χ1) is 8.31. The molecule has 0 aromatic heterocycles. The van der Waals surface area contributed by atoms with Crippen LogP contribution >= 0.6 is 0 Å². The molecule has 0 saturated carbocycles. The molecule has 2 saturated heterocycles. The summed E-state index contributed by atoms with van der Waals surface area (Å²) in [5, 5.41) is 3.43. The van der Waals surface area contributed by atoms with Crippen LogP contribution in [-0.2, 0) is 4.74 Å². The number of hydrogen-bond donors (Lipinski definition) is 1. The van der Waals surface area contributed by atoms with Crippen molar-refractivity contribution in [1.82, 2.24) is 10.2 Å².